The zero-order valence-corrected chi connectivity index (χ0v) is 11.8. The Balaban J connectivity index is 2.75. The molecule has 2 rings (SSSR count). The molecule has 0 aliphatic rings. The number of Topliss-reactive ketones (excluding diaryl/α,β-unsaturated/α-hetero) is 1. The molecule has 2 aromatic carbocycles. The first-order chi connectivity index (χ1) is 9.04. The summed E-state index contributed by atoms with van der Waals surface area (Å²) in [4.78, 5) is 11.8. The Labute approximate surface area is 114 Å². The van der Waals surface area contributed by atoms with Gasteiger partial charge in [-0.3, -0.25) is 4.79 Å². The number of carbonyl (C=O) groups is 1. The Kier molecular flexibility index (Phi) is 3.70. The van der Waals surface area contributed by atoms with Crippen LogP contribution >= 0.6 is 0 Å². The van der Waals surface area contributed by atoms with Gasteiger partial charge in [-0.1, -0.05) is 30.3 Å². The van der Waals surface area contributed by atoms with Crippen LogP contribution < -0.4 is 4.74 Å². The lowest BCUT2D eigenvalue weighted by atomic mass is 9.92. The highest BCUT2D eigenvalue weighted by atomic mass is 16.5. The van der Waals surface area contributed by atoms with Crippen LogP contribution in [0.4, 0.5) is 0 Å². The molecular formula is C17H18O2. The number of aryl methyl sites for hydroxylation is 2. The molecule has 19 heavy (non-hydrogen) atoms. The maximum Gasteiger partial charge on any atom is 0.160 e. The Hall–Kier alpha value is -2.09. The van der Waals surface area contributed by atoms with Gasteiger partial charge in [0.05, 0.1) is 7.11 Å². The predicted octanol–water partition coefficient (Wildman–Crippen LogP) is 4.18. The molecule has 0 saturated heterocycles. The highest BCUT2D eigenvalue weighted by Gasteiger charge is 2.15. The molecule has 0 atom stereocenters. The predicted molar refractivity (Wildman–Crippen MR) is 77.9 cm³/mol. The molecule has 0 aliphatic heterocycles. The third-order valence-corrected chi connectivity index (χ3v) is 3.24. The standard InChI is InChI=1S/C17H18O2/c1-11-9-12(2)17(16(10-11)19-4)15-8-6-5-7-14(15)13(3)18/h5-10H,1-4H3. The van der Waals surface area contributed by atoms with Gasteiger partial charge in [0, 0.05) is 11.1 Å². The summed E-state index contributed by atoms with van der Waals surface area (Å²) in [5.41, 5.74) is 4.93. The Bertz CT molecular complexity index is 627. The molecule has 0 N–H and O–H groups in total. The number of ketones is 1. The summed E-state index contributed by atoms with van der Waals surface area (Å²) in [5.74, 6) is 0.879. The molecule has 0 radical (unpaired) electrons. The lowest BCUT2D eigenvalue weighted by Gasteiger charge is -2.15. The van der Waals surface area contributed by atoms with Crippen molar-refractivity contribution >= 4 is 5.78 Å². The van der Waals surface area contributed by atoms with Crippen molar-refractivity contribution in [1.29, 1.82) is 0 Å². The lowest BCUT2D eigenvalue weighted by Crippen LogP contribution is -1.99. The van der Waals surface area contributed by atoms with Crippen molar-refractivity contribution in [3.63, 3.8) is 0 Å². The SMILES string of the molecule is COc1cc(C)cc(C)c1-c1ccccc1C(C)=O. The number of benzene rings is 2. The van der Waals surface area contributed by atoms with Crippen LogP contribution in [0.1, 0.15) is 28.4 Å². The number of ether oxygens (including phenoxy) is 1. The molecule has 0 saturated carbocycles. The maximum absolute atomic E-state index is 11.8. The number of carbonyl (C=O) groups excluding carboxylic acids is 1. The van der Waals surface area contributed by atoms with Gasteiger partial charge in [-0.2, -0.15) is 0 Å². The van der Waals surface area contributed by atoms with Crippen molar-refractivity contribution in [2.75, 3.05) is 7.11 Å². The second-order valence-corrected chi connectivity index (χ2v) is 4.76. The normalized spacial score (nSPS) is 10.3. The highest BCUT2D eigenvalue weighted by molar-refractivity contribution is 6.01. The first-order valence-corrected chi connectivity index (χ1v) is 6.30. The molecule has 2 nitrogen and oxygen atoms in total. The van der Waals surface area contributed by atoms with Gasteiger partial charge in [0.15, 0.2) is 5.78 Å². The highest BCUT2D eigenvalue weighted by Crippen LogP contribution is 2.36. The van der Waals surface area contributed by atoms with E-state index in [1.165, 1.54) is 0 Å². The van der Waals surface area contributed by atoms with E-state index in [2.05, 4.69) is 6.07 Å². The third kappa shape index (κ3) is 2.53. The molecule has 0 bridgehead atoms. The number of methoxy groups -OCH3 is 1. The Morgan fingerprint density at radius 2 is 1.79 bits per heavy atom. The van der Waals surface area contributed by atoms with Gasteiger partial charge in [0.2, 0.25) is 0 Å². The summed E-state index contributed by atoms with van der Waals surface area (Å²) in [6, 6.07) is 11.8. The Morgan fingerprint density at radius 1 is 1.11 bits per heavy atom. The van der Waals surface area contributed by atoms with Crippen LogP contribution in [0.15, 0.2) is 36.4 Å². The Morgan fingerprint density at radius 3 is 2.42 bits per heavy atom. The van der Waals surface area contributed by atoms with E-state index in [-0.39, 0.29) is 5.78 Å². The molecule has 98 valence electrons. The lowest BCUT2D eigenvalue weighted by molar-refractivity contribution is 0.101. The van der Waals surface area contributed by atoms with Crippen molar-refractivity contribution < 1.29 is 9.53 Å². The van der Waals surface area contributed by atoms with Crippen molar-refractivity contribution in [3.8, 4) is 16.9 Å². The largest absolute Gasteiger partial charge is 0.496 e. The second-order valence-electron chi connectivity index (χ2n) is 4.76. The van der Waals surface area contributed by atoms with Gasteiger partial charge in [-0.05, 0) is 43.5 Å². The molecule has 0 aromatic heterocycles. The molecule has 0 heterocycles. The molecule has 0 unspecified atom stereocenters. The van der Waals surface area contributed by atoms with E-state index in [0.717, 1.165) is 33.6 Å². The maximum atomic E-state index is 11.8. The van der Waals surface area contributed by atoms with Crippen molar-refractivity contribution in [1.82, 2.24) is 0 Å². The van der Waals surface area contributed by atoms with Crippen molar-refractivity contribution in [2.45, 2.75) is 20.8 Å². The van der Waals surface area contributed by atoms with Crippen LogP contribution in [-0.4, -0.2) is 12.9 Å². The van der Waals surface area contributed by atoms with Gasteiger partial charge >= 0.3 is 0 Å². The van der Waals surface area contributed by atoms with Crippen molar-refractivity contribution in [3.05, 3.63) is 53.1 Å². The van der Waals surface area contributed by atoms with E-state index in [1.54, 1.807) is 14.0 Å². The van der Waals surface area contributed by atoms with E-state index in [4.69, 9.17) is 4.74 Å². The van der Waals surface area contributed by atoms with Gasteiger partial charge in [-0.25, -0.2) is 0 Å². The van der Waals surface area contributed by atoms with Crippen molar-refractivity contribution in [2.24, 2.45) is 0 Å². The van der Waals surface area contributed by atoms with Crippen LogP contribution in [0.3, 0.4) is 0 Å². The minimum absolute atomic E-state index is 0.0672. The second kappa shape index (κ2) is 5.27. The average molecular weight is 254 g/mol. The number of hydrogen-bond acceptors (Lipinski definition) is 2. The molecule has 0 fully saturated rings. The van der Waals surface area contributed by atoms with E-state index in [9.17, 15) is 4.79 Å². The first kappa shape index (κ1) is 13.3. The topological polar surface area (TPSA) is 26.3 Å². The summed E-state index contributed by atoms with van der Waals surface area (Å²) >= 11 is 0. The summed E-state index contributed by atoms with van der Waals surface area (Å²) in [7, 11) is 1.66. The smallest absolute Gasteiger partial charge is 0.160 e. The molecule has 0 aliphatic carbocycles. The fourth-order valence-corrected chi connectivity index (χ4v) is 2.44. The van der Waals surface area contributed by atoms with E-state index in [0.29, 0.717) is 0 Å². The first-order valence-electron chi connectivity index (χ1n) is 6.30. The van der Waals surface area contributed by atoms with Gasteiger partial charge in [0.1, 0.15) is 5.75 Å². The molecule has 2 heteroatoms. The van der Waals surface area contributed by atoms with E-state index < -0.39 is 0 Å². The van der Waals surface area contributed by atoms with Crippen LogP contribution in [0.2, 0.25) is 0 Å². The monoisotopic (exact) mass is 254 g/mol. The average Bonchev–Trinajstić information content (AvgIpc) is 2.37. The van der Waals surface area contributed by atoms with Gasteiger partial charge < -0.3 is 4.74 Å². The van der Waals surface area contributed by atoms with E-state index in [1.807, 2.05) is 44.2 Å². The van der Waals surface area contributed by atoms with Crippen LogP contribution in [-0.2, 0) is 0 Å². The number of hydrogen-bond donors (Lipinski definition) is 0. The molecular weight excluding hydrogens is 236 g/mol. The van der Waals surface area contributed by atoms with Crippen LogP contribution in [0, 0.1) is 13.8 Å². The number of rotatable bonds is 3. The molecule has 0 amide bonds. The fourth-order valence-electron chi connectivity index (χ4n) is 2.44. The fraction of sp³-hybridized carbons (Fsp3) is 0.235. The molecule has 2 aromatic rings. The third-order valence-electron chi connectivity index (χ3n) is 3.24. The van der Waals surface area contributed by atoms with Gasteiger partial charge in [-0.15, -0.1) is 0 Å². The zero-order valence-electron chi connectivity index (χ0n) is 11.8. The summed E-state index contributed by atoms with van der Waals surface area (Å²) in [6.45, 7) is 5.67. The minimum atomic E-state index is 0.0672. The molecule has 0 spiro atoms. The zero-order chi connectivity index (χ0) is 14.0. The van der Waals surface area contributed by atoms with Gasteiger partial charge in [0.25, 0.3) is 0 Å². The quantitative estimate of drug-likeness (QED) is 0.768. The summed E-state index contributed by atoms with van der Waals surface area (Å²) in [6.07, 6.45) is 0. The van der Waals surface area contributed by atoms with Crippen LogP contribution in [0.25, 0.3) is 11.1 Å². The summed E-state index contributed by atoms with van der Waals surface area (Å²) in [5, 5.41) is 0. The van der Waals surface area contributed by atoms with Crippen LogP contribution in [0.5, 0.6) is 5.75 Å². The van der Waals surface area contributed by atoms with E-state index >= 15 is 0 Å². The minimum Gasteiger partial charge on any atom is -0.496 e. The summed E-state index contributed by atoms with van der Waals surface area (Å²) < 4.78 is 5.48.